The summed E-state index contributed by atoms with van der Waals surface area (Å²) in [4.78, 5) is 0. The maximum absolute atomic E-state index is 12.7. The van der Waals surface area contributed by atoms with Crippen molar-refractivity contribution in [3.63, 3.8) is 0 Å². The molecular formula is C11H14FNO. The lowest BCUT2D eigenvalue weighted by atomic mass is 10.1. The van der Waals surface area contributed by atoms with Crippen molar-refractivity contribution in [2.24, 2.45) is 0 Å². The molecule has 0 radical (unpaired) electrons. The van der Waals surface area contributed by atoms with Gasteiger partial charge in [-0.25, -0.2) is 4.39 Å². The number of ether oxygens (including phenoxy) is 1. The molecule has 0 bridgehead atoms. The van der Waals surface area contributed by atoms with Gasteiger partial charge in [-0.1, -0.05) is 12.1 Å². The second-order valence-electron chi connectivity index (χ2n) is 3.68. The van der Waals surface area contributed by atoms with Gasteiger partial charge in [-0.2, -0.15) is 0 Å². The molecule has 1 N–H and O–H groups in total. The van der Waals surface area contributed by atoms with Gasteiger partial charge in [0.1, 0.15) is 5.82 Å². The van der Waals surface area contributed by atoms with Crippen LogP contribution in [0.1, 0.15) is 18.6 Å². The van der Waals surface area contributed by atoms with E-state index in [1.54, 1.807) is 12.1 Å². The molecule has 1 saturated heterocycles. The molecule has 1 aromatic carbocycles. The number of hydrogen-bond donors (Lipinski definition) is 1. The second kappa shape index (κ2) is 4.07. The quantitative estimate of drug-likeness (QED) is 0.738. The normalized spacial score (nSPS) is 27.6. The number of nitrogens with one attached hydrogen (secondary N) is 1. The van der Waals surface area contributed by atoms with Crippen LogP contribution in [0.2, 0.25) is 0 Å². The lowest BCUT2D eigenvalue weighted by Crippen LogP contribution is -2.40. The molecule has 2 atom stereocenters. The first kappa shape index (κ1) is 9.62. The average Bonchev–Trinajstić information content (AvgIpc) is 2.21. The highest BCUT2D eigenvalue weighted by atomic mass is 19.1. The van der Waals surface area contributed by atoms with Crippen LogP contribution in [0.4, 0.5) is 4.39 Å². The zero-order chi connectivity index (χ0) is 9.97. The van der Waals surface area contributed by atoms with Crippen molar-refractivity contribution in [1.29, 1.82) is 0 Å². The van der Waals surface area contributed by atoms with E-state index >= 15 is 0 Å². The molecule has 1 aliphatic heterocycles. The average molecular weight is 195 g/mol. The predicted molar refractivity (Wildman–Crippen MR) is 52.6 cm³/mol. The van der Waals surface area contributed by atoms with Gasteiger partial charge in [-0.3, -0.25) is 0 Å². The van der Waals surface area contributed by atoms with Crippen molar-refractivity contribution in [3.8, 4) is 0 Å². The van der Waals surface area contributed by atoms with E-state index in [2.05, 4.69) is 12.2 Å². The number of halogens is 1. The van der Waals surface area contributed by atoms with Crippen LogP contribution in [-0.2, 0) is 4.74 Å². The van der Waals surface area contributed by atoms with Gasteiger partial charge in [0.05, 0.1) is 12.7 Å². The molecule has 0 aromatic heterocycles. The maximum atomic E-state index is 12.7. The van der Waals surface area contributed by atoms with E-state index in [1.807, 2.05) is 0 Å². The highest BCUT2D eigenvalue weighted by Crippen LogP contribution is 2.19. The first-order chi connectivity index (χ1) is 6.75. The molecule has 0 unspecified atom stereocenters. The summed E-state index contributed by atoms with van der Waals surface area (Å²) in [5.74, 6) is -0.203. The maximum Gasteiger partial charge on any atom is 0.123 e. The van der Waals surface area contributed by atoms with Crippen molar-refractivity contribution in [1.82, 2.24) is 5.32 Å². The SMILES string of the molecule is C[C@@H]1CO[C@H](c2ccc(F)cc2)CN1. The molecule has 0 spiro atoms. The molecule has 2 rings (SSSR count). The van der Waals surface area contributed by atoms with Crippen molar-refractivity contribution in [3.05, 3.63) is 35.6 Å². The monoisotopic (exact) mass is 195 g/mol. The fraction of sp³-hybridized carbons (Fsp3) is 0.455. The third kappa shape index (κ3) is 2.11. The van der Waals surface area contributed by atoms with Crippen LogP contribution >= 0.6 is 0 Å². The van der Waals surface area contributed by atoms with Crippen LogP contribution in [0.15, 0.2) is 24.3 Å². The fourth-order valence-corrected chi connectivity index (χ4v) is 1.58. The number of rotatable bonds is 1. The molecule has 1 aliphatic rings. The molecule has 1 heterocycles. The summed E-state index contributed by atoms with van der Waals surface area (Å²) in [5, 5.41) is 3.33. The van der Waals surface area contributed by atoms with E-state index < -0.39 is 0 Å². The Morgan fingerprint density at radius 1 is 1.36 bits per heavy atom. The Labute approximate surface area is 83.1 Å². The largest absolute Gasteiger partial charge is 0.371 e. The van der Waals surface area contributed by atoms with Gasteiger partial charge in [0.25, 0.3) is 0 Å². The minimum Gasteiger partial charge on any atom is -0.371 e. The van der Waals surface area contributed by atoms with Gasteiger partial charge in [0.15, 0.2) is 0 Å². The van der Waals surface area contributed by atoms with Crippen LogP contribution in [-0.4, -0.2) is 19.2 Å². The Kier molecular flexibility index (Phi) is 2.79. The lowest BCUT2D eigenvalue weighted by molar-refractivity contribution is 0.00692. The van der Waals surface area contributed by atoms with Crippen molar-refractivity contribution < 1.29 is 9.13 Å². The summed E-state index contributed by atoms with van der Waals surface area (Å²) in [6.45, 7) is 3.59. The summed E-state index contributed by atoms with van der Waals surface area (Å²) < 4.78 is 18.3. The minimum absolute atomic E-state index is 0.0619. The van der Waals surface area contributed by atoms with Crippen molar-refractivity contribution in [2.75, 3.05) is 13.2 Å². The minimum atomic E-state index is -0.203. The number of hydrogen-bond acceptors (Lipinski definition) is 2. The summed E-state index contributed by atoms with van der Waals surface area (Å²) in [7, 11) is 0. The van der Waals surface area contributed by atoms with E-state index in [1.165, 1.54) is 12.1 Å². The highest BCUT2D eigenvalue weighted by molar-refractivity contribution is 5.19. The topological polar surface area (TPSA) is 21.3 Å². The lowest BCUT2D eigenvalue weighted by Gasteiger charge is -2.28. The van der Waals surface area contributed by atoms with E-state index in [9.17, 15) is 4.39 Å². The van der Waals surface area contributed by atoms with Gasteiger partial charge in [0.2, 0.25) is 0 Å². The van der Waals surface area contributed by atoms with Gasteiger partial charge < -0.3 is 10.1 Å². The second-order valence-corrected chi connectivity index (χ2v) is 3.68. The Morgan fingerprint density at radius 2 is 2.07 bits per heavy atom. The fourth-order valence-electron chi connectivity index (χ4n) is 1.58. The molecule has 3 heteroatoms. The van der Waals surface area contributed by atoms with Crippen LogP contribution in [0.3, 0.4) is 0 Å². The summed E-state index contributed by atoms with van der Waals surface area (Å²) in [6, 6.07) is 6.90. The Hall–Kier alpha value is -0.930. The predicted octanol–water partition coefficient (Wildman–Crippen LogP) is 1.88. The molecule has 0 saturated carbocycles. The molecule has 1 aromatic rings. The molecule has 0 aliphatic carbocycles. The Bertz CT molecular complexity index is 291. The van der Waals surface area contributed by atoms with E-state index in [4.69, 9.17) is 4.74 Å². The Balaban J connectivity index is 2.05. The summed E-state index contributed by atoms with van der Waals surface area (Å²) >= 11 is 0. The van der Waals surface area contributed by atoms with E-state index in [-0.39, 0.29) is 11.9 Å². The first-order valence-electron chi connectivity index (χ1n) is 4.86. The van der Waals surface area contributed by atoms with Gasteiger partial charge in [-0.05, 0) is 24.6 Å². The molecule has 76 valence electrons. The zero-order valence-electron chi connectivity index (χ0n) is 8.16. The molecule has 1 fully saturated rings. The first-order valence-corrected chi connectivity index (χ1v) is 4.86. The molecular weight excluding hydrogens is 181 g/mol. The van der Waals surface area contributed by atoms with Gasteiger partial charge in [0, 0.05) is 12.6 Å². The number of morpholine rings is 1. The standard InChI is InChI=1S/C11H14FNO/c1-8-7-14-11(6-13-8)9-2-4-10(12)5-3-9/h2-5,8,11,13H,6-7H2,1H3/t8-,11+/m1/s1. The van der Waals surface area contributed by atoms with Gasteiger partial charge >= 0.3 is 0 Å². The third-order valence-corrected chi connectivity index (χ3v) is 2.44. The highest BCUT2D eigenvalue weighted by Gasteiger charge is 2.19. The van der Waals surface area contributed by atoms with Crippen LogP contribution in [0, 0.1) is 5.82 Å². The van der Waals surface area contributed by atoms with Crippen LogP contribution in [0.25, 0.3) is 0 Å². The van der Waals surface area contributed by atoms with Crippen molar-refractivity contribution >= 4 is 0 Å². The molecule has 14 heavy (non-hydrogen) atoms. The van der Waals surface area contributed by atoms with Crippen LogP contribution in [0.5, 0.6) is 0 Å². The smallest absolute Gasteiger partial charge is 0.123 e. The van der Waals surface area contributed by atoms with E-state index in [0.717, 1.165) is 12.1 Å². The third-order valence-electron chi connectivity index (χ3n) is 2.44. The Morgan fingerprint density at radius 3 is 2.64 bits per heavy atom. The van der Waals surface area contributed by atoms with Gasteiger partial charge in [-0.15, -0.1) is 0 Å². The molecule has 2 nitrogen and oxygen atoms in total. The number of benzene rings is 1. The van der Waals surface area contributed by atoms with Crippen LogP contribution < -0.4 is 5.32 Å². The zero-order valence-corrected chi connectivity index (χ0v) is 8.16. The molecule has 0 amide bonds. The van der Waals surface area contributed by atoms with E-state index in [0.29, 0.717) is 12.6 Å². The summed E-state index contributed by atoms with van der Waals surface area (Å²) in [5.41, 5.74) is 1.03. The van der Waals surface area contributed by atoms with Crippen molar-refractivity contribution in [2.45, 2.75) is 19.1 Å². The summed E-state index contributed by atoms with van der Waals surface area (Å²) in [6.07, 6.45) is 0.0619.